The highest BCUT2D eigenvalue weighted by Gasteiger charge is 2.60. The molecule has 0 aromatic rings. The number of aliphatic carboxylic acids is 1. The van der Waals surface area contributed by atoms with Crippen molar-refractivity contribution in [3.63, 3.8) is 0 Å². The zero-order valence-corrected chi connectivity index (χ0v) is 17.9. The van der Waals surface area contributed by atoms with Crippen molar-refractivity contribution in [2.75, 3.05) is 0 Å². The molecular weight excluding hydrogens is 352 g/mol. The minimum atomic E-state index is -1.22. The van der Waals surface area contributed by atoms with E-state index in [1.165, 1.54) is 44.9 Å². The molecule has 0 aliphatic heterocycles. The van der Waals surface area contributed by atoms with Crippen molar-refractivity contribution >= 4 is 5.97 Å². The summed E-state index contributed by atoms with van der Waals surface area (Å²) in [4.78, 5) is 11.1. The molecule has 160 valence electrons. The summed E-state index contributed by atoms with van der Waals surface area (Å²) in [5, 5.41) is 29.2. The van der Waals surface area contributed by atoms with Gasteiger partial charge in [-0.1, -0.05) is 20.8 Å². The van der Waals surface area contributed by atoms with Crippen LogP contribution in [0.4, 0.5) is 0 Å². The standard InChI is InChI=1S/C24H40O4/c1-14(12-21(26)22(27)28)18-6-7-19-17-5-4-15-13-16(25)8-10-23(15,2)20(17)9-11-24(18,19)3/h14-21,25-26H,4-13H2,1-3H3,(H,27,28)/t14?,15-,16-,17+,18-,19+,20+,21?,23+,24-/m1/s1. The van der Waals surface area contributed by atoms with Crippen molar-refractivity contribution < 1.29 is 20.1 Å². The summed E-state index contributed by atoms with van der Waals surface area (Å²) in [5.74, 6) is 2.77. The van der Waals surface area contributed by atoms with E-state index in [-0.39, 0.29) is 12.0 Å². The van der Waals surface area contributed by atoms with E-state index in [9.17, 15) is 15.0 Å². The van der Waals surface area contributed by atoms with Crippen molar-refractivity contribution in [3.05, 3.63) is 0 Å². The van der Waals surface area contributed by atoms with E-state index in [1.807, 2.05) is 0 Å². The Morgan fingerprint density at radius 2 is 1.68 bits per heavy atom. The van der Waals surface area contributed by atoms with E-state index >= 15 is 0 Å². The molecule has 0 amide bonds. The van der Waals surface area contributed by atoms with Gasteiger partial charge < -0.3 is 15.3 Å². The first-order valence-electron chi connectivity index (χ1n) is 11.8. The number of carboxylic acid groups (broad SMARTS) is 1. The summed E-state index contributed by atoms with van der Waals surface area (Å²) in [7, 11) is 0. The number of aliphatic hydroxyl groups is 2. The third kappa shape index (κ3) is 3.14. The van der Waals surface area contributed by atoms with E-state index in [4.69, 9.17) is 5.11 Å². The molecule has 0 saturated heterocycles. The van der Waals surface area contributed by atoms with Crippen molar-refractivity contribution in [3.8, 4) is 0 Å². The summed E-state index contributed by atoms with van der Waals surface area (Å²) >= 11 is 0. The Morgan fingerprint density at radius 3 is 2.39 bits per heavy atom. The second-order valence-corrected chi connectivity index (χ2v) is 11.4. The molecule has 28 heavy (non-hydrogen) atoms. The Morgan fingerprint density at radius 1 is 1.00 bits per heavy atom. The molecule has 4 fully saturated rings. The molecule has 0 aromatic carbocycles. The fourth-order valence-electron chi connectivity index (χ4n) is 8.83. The monoisotopic (exact) mass is 392 g/mol. The van der Waals surface area contributed by atoms with E-state index in [0.29, 0.717) is 29.1 Å². The molecule has 4 rings (SSSR count). The first kappa shape index (κ1) is 20.7. The maximum atomic E-state index is 11.1. The van der Waals surface area contributed by atoms with Crippen molar-refractivity contribution in [1.82, 2.24) is 0 Å². The van der Waals surface area contributed by atoms with Gasteiger partial charge in [0.2, 0.25) is 0 Å². The molecule has 4 nitrogen and oxygen atoms in total. The van der Waals surface area contributed by atoms with E-state index in [1.54, 1.807) is 0 Å². The summed E-state index contributed by atoms with van der Waals surface area (Å²) < 4.78 is 0. The molecule has 0 heterocycles. The van der Waals surface area contributed by atoms with Gasteiger partial charge in [0.15, 0.2) is 6.10 Å². The van der Waals surface area contributed by atoms with E-state index < -0.39 is 12.1 Å². The number of carboxylic acids is 1. The largest absolute Gasteiger partial charge is 0.479 e. The number of fused-ring (bicyclic) bond motifs is 5. The Hall–Kier alpha value is -0.610. The Bertz CT molecular complexity index is 605. The molecule has 0 aromatic heterocycles. The van der Waals surface area contributed by atoms with Gasteiger partial charge in [-0.3, -0.25) is 0 Å². The highest BCUT2D eigenvalue weighted by molar-refractivity contribution is 5.71. The molecule has 10 atom stereocenters. The van der Waals surface area contributed by atoms with E-state index in [0.717, 1.165) is 30.6 Å². The topological polar surface area (TPSA) is 77.8 Å². The average molecular weight is 393 g/mol. The second-order valence-electron chi connectivity index (χ2n) is 11.4. The van der Waals surface area contributed by atoms with Crippen molar-refractivity contribution in [1.29, 1.82) is 0 Å². The third-order valence-corrected chi connectivity index (χ3v) is 10.3. The predicted molar refractivity (Wildman–Crippen MR) is 109 cm³/mol. The number of carbonyl (C=O) groups is 1. The zero-order chi connectivity index (χ0) is 20.3. The lowest BCUT2D eigenvalue weighted by Crippen LogP contribution is -2.54. The first-order valence-corrected chi connectivity index (χ1v) is 11.8. The predicted octanol–water partition coefficient (Wildman–Crippen LogP) is 4.48. The quantitative estimate of drug-likeness (QED) is 0.659. The highest BCUT2D eigenvalue weighted by atomic mass is 16.4. The minimum absolute atomic E-state index is 0.0825. The summed E-state index contributed by atoms with van der Waals surface area (Å²) in [6, 6.07) is 0. The van der Waals surface area contributed by atoms with Crippen LogP contribution in [0.25, 0.3) is 0 Å². The van der Waals surface area contributed by atoms with Gasteiger partial charge in [-0.2, -0.15) is 0 Å². The van der Waals surface area contributed by atoms with Gasteiger partial charge in [0, 0.05) is 0 Å². The van der Waals surface area contributed by atoms with Crippen molar-refractivity contribution in [2.24, 2.45) is 46.3 Å². The Kier molecular flexibility index (Phi) is 5.36. The molecule has 2 unspecified atom stereocenters. The highest BCUT2D eigenvalue weighted by Crippen LogP contribution is 2.68. The molecule has 0 spiro atoms. The van der Waals surface area contributed by atoms with Gasteiger partial charge in [-0.05, 0) is 111 Å². The summed E-state index contributed by atoms with van der Waals surface area (Å²) in [6.45, 7) is 7.17. The fourth-order valence-corrected chi connectivity index (χ4v) is 8.83. The fraction of sp³-hybridized carbons (Fsp3) is 0.958. The van der Waals surface area contributed by atoms with Gasteiger partial charge in [0.05, 0.1) is 6.10 Å². The molecule has 4 heteroatoms. The molecular formula is C24H40O4. The van der Waals surface area contributed by atoms with Crippen LogP contribution in [0.5, 0.6) is 0 Å². The van der Waals surface area contributed by atoms with Gasteiger partial charge in [-0.25, -0.2) is 4.79 Å². The Labute approximate surface area is 170 Å². The maximum absolute atomic E-state index is 11.1. The SMILES string of the molecule is CC(CC(O)C(=O)O)[C@H]1CC[C@H]2[C@@H]3CC[C@@H]4C[C@H](O)CC[C@]4(C)[C@H]3CC[C@]12C. The first-order chi connectivity index (χ1) is 13.2. The number of aliphatic hydroxyl groups excluding tert-OH is 2. The molecule has 4 aliphatic carbocycles. The van der Waals surface area contributed by atoms with Crippen LogP contribution >= 0.6 is 0 Å². The lowest BCUT2D eigenvalue weighted by atomic mass is 9.44. The van der Waals surface area contributed by atoms with Crippen LogP contribution in [0.15, 0.2) is 0 Å². The van der Waals surface area contributed by atoms with Gasteiger partial charge >= 0.3 is 5.97 Å². The maximum Gasteiger partial charge on any atom is 0.332 e. The van der Waals surface area contributed by atoms with Crippen LogP contribution < -0.4 is 0 Å². The smallest absolute Gasteiger partial charge is 0.332 e. The normalized spacial score (nSPS) is 50.2. The number of rotatable bonds is 4. The van der Waals surface area contributed by atoms with Gasteiger partial charge in [-0.15, -0.1) is 0 Å². The van der Waals surface area contributed by atoms with Crippen LogP contribution in [0.1, 0.15) is 85.0 Å². The lowest BCUT2D eigenvalue weighted by Gasteiger charge is -2.61. The van der Waals surface area contributed by atoms with Gasteiger partial charge in [0.1, 0.15) is 0 Å². The third-order valence-electron chi connectivity index (χ3n) is 10.3. The van der Waals surface area contributed by atoms with Crippen LogP contribution in [-0.4, -0.2) is 33.5 Å². The van der Waals surface area contributed by atoms with Crippen molar-refractivity contribution in [2.45, 2.75) is 97.2 Å². The minimum Gasteiger partial charge on any atom is -0.479 e. The van der Waals surface area contributed by atoms with Crippen LogP contribution in [0, 0.1) is 46.3 Å². The molecule has 0 radical (unpaired) electrons. The van der Waals surface area contributed by atoms with Gasteiger partial charge in [0.25, 0.3) is 0 Å². The van der Waals surface area contributed by atoms with E-state index in [2.05, 4.69) is 20.8 Å². The Balaban J connectivity index is 1.51. The average Bonchev–Trinajstić information content (AvgIpc) is 2.99. The second kappa shape index (κ2) is 7.27. The molecule has 4 aliphatic rings. The molecule has 0 bridgehead atoms. The van der Waals surface area contributed by atoms with Crippen LogP contribution in [0.3, 0.4) is 0 Å². The molecule has 4 saturated carbocycles. The number of hydrogen-bond acceptors (Lipinski definition) is 3. The zero-order valence-electron chi connectivity index (χ0n) is 17.9. The summed E-state index contributed by atoms with van der Waals surface area (Å²) in [6.07, 6.45) is 9.86. The van der Waals surface area contributed by atoms with Crippen LogP contribution in [0.2, 0.25) is 0 Å². The lowest BCUT2D eigenvalue weighted by molar-refractivity contribution is -0.148. The van der Waals surface area contributed by atoms with Crippen LogP contribution in [-0.2, 0) is 4.79 Å². The summed E-state index contributed by atoms with van der Waals surface area (Å²) in [5.41, 5.74) is 0.711. The number of hydrogen-bond donors (Lipinski definition) is 3. The molecule has 3 N–H and O–H groups in total.